The van der Waals surface area contributed by atoms with Crippen LogP contribution in [0.1, 0.15) is 24.2 Å². The van der Waals surface area contributed by atoms with Crippen molar-refractivity contribution in [3.05, 3.63) is 65.7 Å². The largest absolute Gasteiger partial charge is 0.488 e. The first-order valence-electron chi connectivity index (χ1n) is 7.18. The van der Waals surface area contributed by atoms with Crippen molar-refractivity contribution in [1.29, 1.82) is 0 Å². The minimum atomic E-state index is -0.639. The van der Waals surface area contributed by atoms with Crippen LogP contribution in [0.3, 0.4) is 0 Å². The van der Waals surface area contributed by atoms with Gasteiger partial charge in [-0.1, -0.05) is 42.5 Å². The lowest BCUT2D eigenvalue weighted by Crippen LogP contribution is -2.21. The van der Waals surface area contributed by atoms with E-state index in [0.717, 1.165) is 17.7 Å². The smallest absolute Gasteiger partial charge is 0.126 e. The molecule has 1 N–H and O–H groups in total. The molecule has 0 aliphatic rings. The molecule has 2 rings (SSSR count). The summed E-state index contributed by atoms with van der Waals surface area (Å²) in [5.74, 6) is 0.763. The number of methoxy groups -OCH3 is 1. The molecule has 2 unspecified atom stereocenters. The molecule has 0 aliphatic carbocycles. The van der Waals surface area contributed by atoms with Gasteiger partial charge in [-0.05, 0) is 36.6 Å². The zero-order valence-electron chi connectivity index (χ0n) is 12.5. The molecule has 0 aromatic heterocycles. The lowest BCUT2D eigenvalue weighted by molar-refractivity contribution is 0.0467. The predicted octanol–water partition coefficient (Wildman–Crippen LogP) is 3.38. The fourth-order valence-corrected chi connectivity index (χ4v) is 2.15. The van der Waals surface area contributed by atoms with Gasteiger partial charge in [-0.25, -0.2) is 0 Å². The van der Waals surface area contributed by atoms with Crippen molar-refractivity contribution in [2.45, 2.75) is 25.6 Å². The van der Waals surface area contributed by atoms with Gasteiger partial charge in [0.25, 0.3) is 0 Å². The van der Waals surface area contributed by atoms with E-state index in [-0.39, 0.29) is 6.10 Å². The standard InChI is InChI=1S/C18H22O3/c1-14(18(19)16-6-4-3-5-7-16)21-17-10-8-15(9-11-17)12-13-20-2/h3-11,14,18-19H,12-13H2,1-2H3. The van der Waals surface area contributed by atoms with Crippen LogP contribution in [0.15, 0.2) is 54.6 Å². The molecule has 0 radical (unpaired) electrons. The zero-order valence-corrected chi connectivity index (χ0v) is 12.5. The maximum atomic E-state index is 10.3. The van der Waals surface area contributed by atoms with Gasteiger partial charge in [-0.3, -0.25) is 0 Å². The summed E-state index contributed by atoms with van der Waals surface area (Å²) in [5.41, 5.74) is 2.07. The molecule has 3 heteroatoms. The van der Waals surface area contributed by atoms with Crippen LogP contribution in [0.2, 0.25) is 0 Å². The summed E-state index contributed by atoms with van der Waals surface area (Å²) in [6.45, 7) is 2.58. The molecule has 0 bridgehead atoms. The fourth-order valence-electron chi connectivity index (χ4n) is 2.15. The average molecular weight is 286 g/mol. The highest BCUT2D eigenvalue weighted by Gasteiger charge is 2.17. The highest BCUT2D eigenvalue weighted by Crippen LogP contribution is 2.22. The van der Waals surface area contributed by atoms with E-state index in [2.05, 4.69) is 0 Å². The molecular formula is C18H22O3. The van der Waals surface area contributed by atoms with Crippen LogP contribution in [0.5, 0.6) is 5.75 Å². The van der Waals surface area contributed by atoms with Crippen LogP contribution >= 0.6 is 0 Å². The van der Waals surface area contributed by atoms with E-state index in [9.17, 15) is 5.11 Å². The van der Waals surface area contributed by atoms with Gasteiger partial charge in [-0.15, -0.1) is 0 Å². The van der Waals surface area contributed by atoms with Gasteiger partial charge in [0.05, 0.1) is 6.61 Å². The molecule has 21 heavy (non-hydrogen) atoms. The molecule has 0 aliphatic heterocycles. The number of rotatable bonds is 7. The lowest BCUT2D eigenvalue weighted by Gasteiger charge is -2.21. The minimum absolute atomic E-state index is 0.308. The second-order valence-electron chi connectivity index (χ2n) is 5.07. The van der Waals surface area contributed by atoms with Crippen molar-refractivity contribution in [2.24, 2.45) is 0 Å². The quantitative estimate of drug-likeness (QED) is 0.848. The summed E-state index contributed by atoms with van der Waals surface area (Å²) in [5, 5.41) is 10.3. The lowest BCUT2D eigenvalue weighted by atomic mass is 10.1. The fraction of sp³-hybridized carbons (Fsp3) is 0.333. The Hall–Kier alpha value is -1.84. The van der Waals surface area contributed by atoms with Crippen molar-refractivity contribution in [3.63, 3.8) is 0 Å². The zero-order chi connectivity index (χ0) is 15.1. The van der Waals surface area contributed by atoms with Crippen LogP contribution in [0.25, 0.3) is 0 Å². The highest BCUT2D eigenvalue weighted by atomic mass is 16.5. The van der Waals surface area contributed by atoms with Crippen molar-refractivity contribution < 1.29 is 14.6 Å². The van der Waals surface area contributed by atoms with Crippen molar-refractivity contribution >= 4 is 0 Å². The number of hydrogen-bond donors (Lipinski definition) is 1. The molecule has 112 valence electrons. The van der Waals surface area contributed by atoms with Crippen LogP contribution in [0.4, 0.5) is 0 Å². The second-order valence-corrected chi connectivity index (χ2v) is 5.07. The average Bonchev–Trinajstić information content (AvgIpc) is 2.54. The maximum absolute atomic E-state index is 10.3. The molecule has 3 nitrogen and oxygen atoms in total. The monoisotopic (exact) mass is 286 g/mol. The van der Waals surface area contributed by atoms with Crippen molar-refractivity contribution in [2.75, 3.05) is 13.7 Å². The topological polar surface area (TPSA) is 38.7 Å². The molecule has 0 fully saturated rings. The van der Waals surface area contributed by atoms with Gasteiger partial charge in [0.15, 0.2) is 0 Å². The number of ether oxygens (including phenoxy) is 2. The third-order valence-electron chi connectivity index (χ3n) is 3.43. The number of benzene rings is 2. The Morgan fingerprint density at radius 1 is 1.00 bits per heavy atom. The Morgan fingerprint density at radius 2 is 1.67 bits per heavy atom. The van der Waals surface area contributed by atoms with E-state index in [1.54, 1.807) is 7.11 Å². The number of hydrogen-bond acceptors (Lipinski definition) is 3. The summed E-state index contributed by atoms with van der Waals surface area (Å²) in [6, 6.07) is 17.5. The molecule has 0 saturated heterocycles. The van der Waals surface area contributed by atoms with Gasteiger partial charge < -0.3 is 14.6 Å². The van der Waals surface area contributed by atoms with E-state index in [1.807, 2.05) is 61.5 Å². The van der Waals surface area contributed by atoms with Gasteiger partial charge >= 0.3 is 0 Å². The summed E-state index contributed by atoms with van der Waals surface area (Å²) < 4.78 is 10.9. The van der Waals surface area contributed by atoms with Crippen LogP contribution in [-0.4, -0.2) is 24.9 Å². The molecule has 0 spiro atoms. The van der Waals surface area contributed by atoms with E-state index in [0.29, 0.717) is 6.61 Å². The molecule has 0 amide bonds. The Kier molecular flexibility index (Phi) is 5.78. The Balaban J connectivity index is 1.94. The van der Waals surface area contributed by atoms with Crippen LogP contribution in [-0.2, 0) is 11.2 Å². The summed E-state index contributed by atoms with van der Waals surface area (Å²) >= 11 is 0. The summed E-state index contributed by atoms with van der Waals surface area (Å²) in [4.78, 5) is 0. The summed E-state index contributed by atoms with van der Waals surface area (Å²) in [7, 11) is 1.70. The third-order valence-corrected chi connectivity index (χ3v) is 3.43. The molecule has 0 saturated carbocycles. The highest BCUT2D eigenvalue weighted by molar-refractivity contribution is 5.28. The molecular weight excluding hydrogens is 264 g/mol. The summed E-state index contributed by atoms with van der Waals surface area (Å²) in [6.07, 6.45) is -0.0597. The van der Waals surface area contributed by atoms with E-state index >= 15 is 0 Å². The predicted molar refractivity (Wildman–Crippen MR) is 83.5 cm³/mol. The molecule has 0 heterocycles. The van der Waals surface area contributed by atoms with Gasteiger partial charge in [0.1, 0.15) is 18.0 Å². The molecule has 2 aromatic carbocycles. The Bertz CT molecular complexity index is 522. The van der Waals surface area contributed by atoms with Gasteiger partial charge in [0, 0.05) is 7.11 Å². The first kappa shape index (κ1) is 15.5. The first-order valence-corrected chi connectivity index (χ1v) is 7.18. The molecule has 2 aromatic rings. The first-order chi connectivity index (χ1) is 10.2. The number of aliphatic hydroxyl groups excluding tert-OH is 1. The third kappa shape index (κ3) is 4.59. The van der Waals surface area contributed by atoms with Crippen LogP contribution in [0, 0.1) is 0 Å². The van der Waals surface area contributed by atoms with E-state index in [4.69, 9.17) is 9.47 Å². The van der Waals surface area contributed by atoms with Gasteiger partial charge in [-0.2, -0.15) is 0 Å². The van der Waals surface area contributed by atoms with Crippen molar-refractivity contribution in [1.82, 2.24) is 0 Å². The number of aliphatic hydroxyl groups is 1. The normalized spacial score (nSPS) is 13.7. The molecule has 2 atom stereocenters. The van der Waals surface area contributed by atoms with E-state index < -0.39 is 6.10 Å². The Morgan fingerprint density at radius 3 is 2.29 bits per heavy atom. The SMILES string of the molecule is COCCc1ccc(OC(C)C(O)c2ccccc2)cc1. The maximum Gasteiger partial charge on any atom is 0.126 e. The van der Waals surface area contributed by atoms with E-state index in [1.165, 1.54) is 5.56 Å². The second kappa shape index (κ2) is 7.81. The van der Waals surface area contributed by atoms with Gasteiger partial charge in [0.2, 0.25) is 0 Å². The van der Waals surface area contributed by atoms with Crippen LogP contribution < -0.4 is 4.74 Å². The Labute approximate surface area is 126 Å². The minimum Gasteiger partial charge on any atom is -0.488 e. The van der Waals surface area contributed by atoms with Crippen molar-refractivity contribution in [3.8, 4) is 5.75 Å².